The summed E-state index contributed by atoms with van der Waals surface area (Å²) in [7, 11) is 1.49. The van der Waals surface area contributed by atoms with Crippen LogP contribution in [0.1, 0.15) is 17.3 Å². The maximum absolute atomic E-state index is 14.2. The maximum Gasteiger partial charge on any atom is 0.257 e. The van der Waals surface area contributed by atoms with Crippen LogP contribution in [-0.4, -0.2) is 64.0 Å². The fraction of sp³-hybridized carbons (Fsp3) is 0.259. The number of rotatable bonds is 6. The normalized spacial score (nSPS) is 15.6. The summed E-state index contributed by atoms with van der Waals surface area (Å²) >= 11 is 0. The average Bonchev–Trinajstić information content (AvgIpc) is 3.31. The molecule has 1 atom stereocenters. The number of nitrogens with one attached hydrogen (secondary N) is 1. The molecule has 37 heavy (non-hydrogen) atoms. The first-order chi connectivity index (χ1) is 17.9. The summed E-state index contributed by atoms with van der Waals surface area (Å²) in [5.74, 6) is -0.577. The number of benzene rings is 1. The second kappa shape index (κ2) is 10.3. The summed E-state index contributed by atoms with van der Waals surface area (Å²) in [6, 6.07) is 11.2. The van der Waals surface area contributed by atoms with Gasteiger partial charge in [0.2, 0.25) is 11.8 Å². The first kappa shape index (κ1) is 24.2. The Bertz CT molecular complexity index is 1460. The van der Waals surface area contributed by atoms with Crippen LogP contribution in [0.25, 0.3) is 10.9 Å². The minimum atomic E-state index is -0.503. The number of amides is 2. The number of piperazine rings is 1. The maximum atomic E-state index is 14.2. The number of methoxy groups -OCH3 is 1. The Morgan fingerprint density at radius 2 is 2.00 bits per heavy atom. The van der Waals surface area contributed by atoms with Crippen molar-refractivity contribution >= 4 is 34.1 Å². The molecule has 9 nitrogen and oxygen atoms in total. The molecule has 10 heteroatoms. The molecule has 0 unspecified atom stereocenters. The highest BCUT2D eigenvalue weighted by Gasteiger charge is 2.29. The number of hydrogen-bond donors (Lipinski definition) is 1. The van der Waals surface area contributed by atoms with Gasteiger partial charge in [-0.15, -0.1) is 0 Å². The summed E-state index contributed by atoms with van der Waals surface area (Å²) in [4.78, 5) is 38.4. The Labute approximate surface area is 213 Å². The summed E-state index contributed by atoms with van der Waals surface area (Å²) in [5.41, 5.74) is 2.23. The largest absolute Gasteiger partial charge is 0.481 e. The number of aromatic nitrogens is 3. The van der Waals surface area contributed by atoms with Gasteiger partial charge in [0, 0.05) is 67.1 Å². The van der Waals surface area contributed by atoms with Gasteiger partial charge in [0.25, 0.3) is 5.91 Å². The molecule has 5 rings (SSSR count). The van der Waals surface area contributed by atoms with Crippen LogP contribution in [-0.2, 0) is 11.3 Å². The number of fused-ring (bicyclic) bond motifs is 1. The smallest absolute Gasteiger partial charge is 0.257 e. The van der Waals surface area contributed by atoms with E-state index < -0.39 is 11.7 Å². The second-order valence-corrected chi connectivity index (χ2v) is 8.96. The third-order valence-electron chi connectivity index (χ3n) is 6.58. The topological polar surface area (TPSA) is 92.6 Å². The van der Waals surface area contributed by atoms with Crippen molar-refractivity contribution in [2.45, 2.75) is 19.5 Å². The summed E-state index contributed by atoms with van der Waals surface area (Å²) in [6.45, 7) is 3.70. The number of carbonyl (C=O) groups is 2. The van der Waals surface area contributed by atoms with Crippen molar-refractivity contribution in [3.05, 3.63) is 78.6 Å². The molecule has 1 aliphatic rings. The molecule has 0 bridgehead atoms. The summed E-state index contributed by atoms with van der Waals surface area (Å²) < 4.78 is 21.2. The first-order valence-corrected chi connectivity index (χ1v) is 12.0. The van der Waals surface area contributed by atoms with E-state index in [-0.39, 0.29) is 24.1 Å². The van der Waals surface area contributed by atoms with Crippen LogP contribution in [0, 0.1) is 5.82 Å². The molecule has 1 fully saturated rings. The highest BCUT2D eigenvalue weighted by Crippen LogP contribution is 2.27. The van der Waals surface area contributed by atoms with Gasteiger partial charge in [-0.1, -0.05) is 0 Å². The minimum Gasteiger partial charge on any atom is -0.481 e. The molecule has 4 heterocycles. The molecular weight excluding hydrogens is 475 g/mol. The van der Waals surface area contributed by atoms with E-state index >= 15 is 0 Å². The highest BCUT2D eigenvalue weighted by atomic mass is 19.1. The van der Waals surface area contributed by atoms with E-state index in [2.05, 4.69) is 15.3 Å². The van der Waals surface area contributed by atoms with E-state index in [1.54, 1.807) is 30.6 Å². The van der Waals surface area contributed by atoms with Crippen molar-refractivity contribution < 1.29 is 18.7 Å². The first-order valence-electron chi connectivity index (χ1n) is 12.0. The standard InChI is InChI=1S/C27H27FN6O3/c1-18-16-33(11-12-34(18)26(35)17-32-10-7-19-5-8-29-15-24(19)32)23-4-3-20(28)13-22(23)27(36)31-21-6-9-30-25(14-21)37-2/h3-10,13-15,18H,11-12,16-17H2,1-2H3,(H,30,31,36)/t18-/m1/s1. The van der Waals surface area contributed by atoms with Crippen LogP contribution in [0.4, 0.5) is 15.8 Å². The lowest BCUT2D eigenvalue weighted by Gasteiger charge is -2.41. The zero-order valence-electron chi connectivity index (χ0n) is 20.6. The number of halogens is 1. The minimum absolute atomic E-state index is 0.0113. The Morgan fingerprint density at radius 1 is 1.14 bits per heavy atom. The molecule has 2 amide bonds. The molecule has 0 spiro atoms. The zero-order valence-corrected chi connectivity index (χ0v) is 20.6. The number of pyridine rings is 2. The van der Waals surface area contributed by atoms with Crippen LogP contribution in [0.2, 0.25) is 0 Å². The third kappa shape index (κ3) is 5.09. The molecule has 1 aromatic carbocycles. The number of carbonyl (C=O) groups excluding carboxylic acids is 2. The van der Waals surface area contributed by atoms with Gasteiger partial charge in [-0.25, -0.2) is 9.37 Å². The van der Waals surface area contributed by atoms with E-state index in [0.29, 0.717) is 36.9 Å². The third-order valence-corrected chi connectivity index (χ3v) is 6.58. The van der Waals surface area contributed by atoms with Crippen molar-refractivity contribution in [2.75, 3.05) is 37.0 Å². The highest BCUT2D eigenvalue weighted by molar-refractivity contribution is 6.08. The molecule has 3 aromatic heterocycles. The van der Waals surface area contributed by atoms with E-state index in [1.807, 2.05) is 39.6 Å². The van der Waals surface area contributed by atoms with Gasteiger partial charge in [0.05, 0.1) is 24.4 Å². The second-order valence-electron chi connectivity index (χ2n) is 8.96. The van der Waals surface area contributed by atoms with Crippen molar-refractivity contribution in [1.29, 1.82) is 0 Å². The van der Waals surface area contributed by atoms with Crippen LogP contribution in [0.15, 0.2) is 67.3 Å². The average molecular weight is 503 g/mol. The van der Waals surface area contributed by atoms with Crippen LogP contribution >= 0.6 is 0 Å². The predicted molar refractivity (Wildman–Crippen MR) is 138 cm³/mol. The van der Waals surface area contributed by atoms with E-state index in [1.165, 1.54) is 25.4 Å². The van der Waals surface area contributed by atoms with Crippen molar-refractivity contribution in [3.8, 4) is 5.88 Å². The van der Waals surface area contributed by atoms with Crippen LogP contribution < -0.4 is 15.0 Å². The lowest BCUT2D eigenvalue weighted by atomic mass is 10.1. The van der Waals surface area contributed by atoms with Gasteiger partial charge in [0.15, 0.2) is 0 Å². The zero-order chi connectivity index (χ0) is 25.9. The molecule has 1 aliphatic heterocycles. The quantitative estimate of drug-likeness (QED) is 0.434. The van der Waals surface area contributed by atoms with Gasteiger partial charge in [-0.2, -0.15) is 0 Å². The van der Waals surface area contributed by atoms with Gasteiger partial charge in [0.1, 0.15) is 12.4 Å². The summed E-state index contributed by atoms with van der Waals surface area (Å²) in [6.07, 6.45) is 6.90. The van der Waals surface area contributed by atoms with Gasteiger partial charge < -0.3 is 24.4 Å². The Hall–Kier alpha value is -4.47. The number of nitrogens with zero attached hydrogens (tertiary/aromatic N) is 5. The van der Waals surface area contributed by atoms with Gasteiger partial charge >= 0.3 is 0 Å². The van der Waals surface area contributed by atoms with Crippen LogP contribution in [0.3, 0.4) is 0 Å². The fourth-order valence-corrected chi connectivity index (χ4v) is 4.71. The fourth-order valence-electron chi connectivity index (χ4n) is 4.71. The number of ether oxygens (including phenoxy) is 1. The monoisotopic (exact) mass is 502 g/mol. The molecule has 1 saturated heterocycles. The predicted octanol–water partition coefficient (Wildman–Crippen LogP) is 3.57. The van der Waals surface area contributed by atoms with E-state index in [0.717, 1.165) is 10.9 Å². The van der Waals surface area contributed by atoms with Crippen molar-refractivity contribution in [3.63, 3.8) is 0 Å². The van der Waals surface area contributed by atoms with Crippen LogP contribution in [0.5, 0.6) is 5.88 Å². The number of anilines is 2. The molecular formula is C27H27FN6O3. The van der Waals surface area contributed by atoms with Crippen molar-refractivity contribution in [1.82, 2.24) is 19.4 Å². The molecule has 4 aromatic rings. The summed E-state index contributed by atoms with van der Waals surface area (Å²) in [5, 5.41) is 3.83. The number of hydrogen-bond acceptors (Lipinski definition) is 6. The Balaban J connectivity index is 1.30. The SMILES string of the molecule is COc1cc(NC(=O)c2cc(F)ccc2N2CCN(C(=O)Cn3ccc4ccncc43)[C@H](C)C2)ccn1. The molecule has 190 valence electrons. The van der Waals surface area contributed by atoms with E-state index in [9.17, 15) is 14.0 Å². The van der Waals surface area contributed by atoms with Crippen molar-refractivity contribution in [2.24, 2.45) is 0 Å². The van der Waals surface area contributed by atoms with E-state index in [4.69, 9.17) is 4.74 Å². The lowest BCUT2D eigenvalue weighted by molar-refractivity contribution is -0.134. The molecule has 0 saturated carbocycles. The van der Waals surface area contributed by atoms with Gasteiger partial charge in [-0.3, -0.25) is 14.6 Å². The Kier molecular flexibility index (Phi) is 6.72. The Morgan fingerprint density at radius 3 is 2.81 bits per heavy atom. The molecule has 0 aliphatic carbocycles. The van der Waals surface area contributed by atoms with Gasteiger partial charge in [-0.05, 0) is 43.3 Å². The molecule has 1 N–H and O–H groups in total. The molecule has 0 radical (unpaired) electrons. The lowest BCUT2D eigenvalue weighted by Crippen LogP contribution is -2.55.